The molecule has 0 aliphatic carbocycles. The molecule has 0 unspecified atom stereocenters. The number of benzene rings is 1. The van der Waals surface area contributed by atoms with E-state index in [-0.39, 0.29) is 0 Å². The van der Waals surface area contributed by atoms with Crippen LogP contribution in [0.15, 0.2) is 36.5 Å². The summed E-state index contributed by atoms with van der Waals surface area (Å²) in [6.07, 6.45) is 0.806. The molecule has 7 heteroatoms. The first-order valence-corrected chi connectivity index (χ1v) is 7.57. The molecule has 1 fully saturated rings. The van der Waals surface area contributed by atoms with Gasteiger partial charge in [0, 0.05) is 30.5 Å². The Kier molecular flexibility index (Phi) is 3.59. The van der Waals surface area contributed by atoms with Gasteiger partial charge in [-0.25, -0.2) is 4.39 Å². The second kappa shape index (κ2) is 5.77. The molecular weight excluding hydrogens is 313 g/mol. The summed E-state index contributed by atoms with van der Waals surface area (Å²) in [7, 11) is 0. The second-order valence-electron chi connectivity index (χ2n) is 5.72. The molecule has 1 amide bonds. The lowest BCUT2D eigenvalue weighted by atomic mass is 10.2. The van der Waals surface area contributed by atoms with Crippen molar-refractivity contribution in [1.29, 1.82) is 0 Å². The molecule has 1 saturated heterocycles. The number of halogens is 1. The number of aliphatic hydroxyl groups excluding tert-OH is 1. The van der Waals surface area contributed by atoms with Gasteiger partial charge in [-0.2, -0.15) is 12.1 Å². The number of hydrogen-bond donors (Lipinski definition) is 1. The zero-order valence-electron chi connectivity index (χ0n) is 12.7. The summed E-state index contributed by atoms with van der Waals surface area (Å²) < 4.78 is 20.8. The number of aromatic nitrogens is 1. The van der Waals surface area contributed by atoms with E-state index in [1.54, 1.807) is 18.3 Å². The SMILES string of the molecule is O=C1[C@@H](CO)O[CH-][N+]1=c1cc[c-](N2Cc3cccnc3C2)c(F)c1. The van der Waals surface area contributed by atoms with Crippen molar-refractivity contribution in [3.05, 3.63) is 65.7 Å². The Morgan fingerprint density at radius 1 is 1.50 bits per heavy atom. The van der Waals surface area contributed by atoms with Gasteiger partial charge in [-0.05, 0) is 17.3 Å². The fraction of sp³-hybridized carbons (Fsp3) is 0.235. The molecule has 1 aromatic carbocycles. The molecule has 3 heterocycles. The quantitative estimate of drug-likeness (QED) is 0.633. The molecule has 124 valence electrons. The van der Waals surface area contributed by atoms with Crippen molar-refractivity contribution >= 4 is 11.6 Å². The van der Waals surface area contributed by atoms with Gasteiger partial charge in [-0.1, -0.05) is 6.07 Å². The van der Waals surface area contributed by atoms with Crippen molar-refractivity contribution in [3.8, 4) is 0 Å². The Hall–Kier alpha value is -2.64. The minimum Gasteiger partial charge on any atom is -0.412 e. The lowest BCUT2D eigenvalue weighted by Crippen LogP contribution is -2.34. The highest BCUT2D eigenvalue weighted by atomic mass is 19.1. The van der Waals surface area contributed by atoms with E-state index in [0.717, 1.165) is 11.3 Å². The van der Waals surface area contributed by atoms with Crippen LogP contribution < -0.4 is 14.8 Å². The fourth-order valence-corrected chi connectivity index (χ4v) is 2.98. The molecule has 2 aromatic rings. The zero-order chi connectivity index (χ0) is 16.7. The summed E-state index contributed by atoms with van der Waals surface area (Å²) in [4.78, 5) is 18.2. The fourth-order valence-electron chi connectivity index (χ4n) is 2.98. The van der Waals surface area contributed by atoms with Gasteiger partial charge < -0.3 is 14.7 Å². The van der Waals surface area contributed by atoms with Crippen LogP contribution in [0.5, 0.6) is 0 Å². The minimum absolute atomic E-state index is 0.368. The number of carbonyl (C=O) groups is 1. The van der Waals surface area contributed by atoms with Gasteiger partial charge in [0.05, 0.1) is 12.3 Å². The molecule has 0 saturated carbocycles. The van der Waals surface area contributed by atoms with Crippen molar-refractivity contribution in [3.63, 3.8) is 0 Å². The summed E-state index contributed by atoms with van der Waals surface area (Å²) in [6.45, 7) is 1.94. The number of ether oxygens (including phenoxy) is 1. The number of carbonyl (C=O) groups excluding carboxylic acids is 1. The van der Waals surface area contributed by atoms with Crippen LogP contribution in [0.3, 0.4) is 0 Å². The summed E-state index contributed by atoms with van der Waals surface area (Å²) in [5.41, 5.74) is 2.49. The largest absolute Gasteiger partial charge is 0.412 e. The van der Waals surface area contributed by atoms with Crippen LogP contribution in [0, 0.1) is 12.5 Å². The van der Waals surface area contributed by atoms with Gasteiger partial charge in [0.15, 0.2) is 12.8 Å². The average Bonchev–Trinajstić information content (AvgIpc) is 3.17. The predicted octanol–water partition coefficient (Wildman–Crippen LogP) is 0.269. The number of anilines is 1. The molecule has 6 nitrogen and oxygen atoms in total. The first-order chi connectivity index (χ1) is 11.7. The molecule has 2 aliphatic rings. The maximum absolute atomic E-state index is 14.6. The molecule has 2 aliphatic heterocycles. The molecule has 0 bridgehead atoms. The van der Waals surface area contributed by atoms with Crippen molar-refractivity contribution in [2.24, 2.45) is 0 Å². The first-order valence-electron chi connectivity index (χ1n) is 7.57. The topological polar surface area (TPSA) is 65.7 Å². The van der Waals surface area contributed by atoms with E-state index in [1.807, 2.05) is 17.0 Å². The van der Waals surface area contributed by atoms with Crippen LogP contribution in [0.2, 0.25) is 0 Å². The molecule has 1 N–H and O–H groups in total. The molecule has 1 aromatic heterocycles. The Morgan fingerprint density at radius 2 is 2.38 bits per heavy atom. The van der Waals surface area contributed by atoms with Gasteiger partial charge >= 0.3 is 5.91 Å². The van der Waals surface area contributed by atoms with E-state index in [9.17, 15) is 9.18 Å². The number of pyridine rings is 1. The van der Waals surface area contributed by atoms with Crippen LogP contribution in [-0.4, -0.2) is 28.7 Å². The number of hydrogen-bond acceptors (Lipinski definition) is 5. The van der Waals surface area contributed by atoms with Gasteiger partial charge in [0.25, 0.3) is 0 Å². The second-order valence-corrected chi connectivity index (χ2v) is 5.72. The van der Waals surface area contributed by atoms with Gasteiger partial charge in [0.1, 0.15) is 0 Å². The monoisotopic (exact) mass is 328 g/mol. The van der Waals surface area contributed by atoms with E-state index in [0.29, 0.717) is 24.1 Å². The van der Waals surface area contributed by atoms with Gasteiger partial charge in [0.2, 0.25) is 0 Å². The number of aliphatic hydroxyl groups is 1. The van der Waals surface area contributed by atoms with E-state index in [1.165, 1.54) is 17.4 Å². The molecule has 0 spiro atoms. The molecule has 24 heavy (non-hydrogen) atoms. The zero-order valence-corrected chi connectivity index (χ0v) is 12.7. The summed E-state index contributed by atoms with van der Waals surface area (Å²) in [5, 5.41) is 9.42. The molecule has 0 radical (unpaired) electrons. The number of amides is 1. The number of rotatable bonds is 2. The Bertz CT molecular complexity index is 852. The van der Waals surface area contributed by atoms with Crippen molar-refractivity contribution in [1.82, 2.24) is 9.56 Å². The smallest absolute Gasteiger partial charge is 0.313 e. The van der Waals surface area contributed by atoms with Crippen LogP contribution in [0.4, 0.5) is 10.1 Å². The lowest BCUT2D eigenvalue weighted by Gasteiger charge is -2.24. The third kappa shape index (κ3) is 2.38. The first kappa shape index (κ1) is 14.9. The summed E-state index contributed by atoms with van der Waals surface area (Å²) in [5.74, 6) is -0.837. The van der Waals surface area contributed by atoms with Crippen LogP contribution in [-0.2, 0) is 22.6 Å². The maximum Gasteiger partial charge on any atom is 0.313 e. The van der Waals surface area contributed by atoms with Crippen LogP contribution in [0.1, 0.15) is 11.3 Å². The molecule has 1 atom stereocenters. The number of fused-ring (bicyclic) bond motifs is 1. The van der Waals surface area contributed by atoms with Crippen LogP contribution >= 0.6 is 0 Å². The van der Waals surface area contributed by atoms with E-state index < -0.39 is 24.4 Å². The Balaban J connectivity index is 1.66. The third-order valence-electron chi connectivity index (χ3n) is 4.25. The highest BCUT2D eigenvalue weighted by molar-refractivity contribution is 5.84. The van der Waals surface area contributed by atoms with Crippen LogP contribution in [0.25, 0.3) is 0 Å². The highest BCUT2D eigenvalue weighted by Gasteiger charge is 2.29. The third-order valence-corrected chi connectivity index (χ3v) is 4.25. The summed E-state index contributed by atoms with van der Waals surface area (Å²) >= 11 is 0. The average molecular weight is 328 g/mol. The normalized spacial score (nSPS) is 21.8. The van der Waals surface area contributed by atoms with Crippen molar-refractivity contribution < 1.29 is 19.0 Å². The number of nitrogens with zero attached hydrogens (tertiary/aromatic N) is 3. The molecular formula is C17H15FN3O3-. The van der Waals surface area contributed by atoms with Gasteiger partial charge in [-0.3, -0.25) is 14.4 Å². The Morgan fingerprint density at radius 3 is 3.08 bits per heavy atom. The van der Waals surface area contributed by atoms with E-state index in [2.05, 4.69) is 4.98 Å². The summed E-state index contributed by atoms with van der Waals surface area (Å²) in [6, 6.07) is 8.45. The highest BCUT2D eigenvalue weighted by Crippen LogP contribution is 2.27. The maximum atomic E-state index is 14.6. The standard InChI is InChI=1S/C17H15FN3O3/c18-13-6-12(21-10-24-16(9-22)17(21)23)3-4-15(13)20-7-11-2-1-5-19-14(11)8-20/h1-6,10,16,22H,7-9H2/q-1/t16-/m1/s1. The minimum atomic E-state index is -0.924. The van der Waals surface area contributed by atoms with Crippen molar-refractivity contribution in [2.45, 2.75) is 19.2 Å². The van der Waals surface area contributed by atoms with Gasteiger partial charge in [-0.15, -0.1) is 6.07 Å². The van der Waals surface area contributed by atoms with E-state index in [4.69, 9.17) is 9.84 Å². The van der Waals surface area contributed by atoms with Crippen molar-refractivity contribution in [2.75, 3.05) is 11.5 Å². The molecule has 4 rings (SSSR count). The van der Waals surface area contributed by atoms with E-state index >= 15 is 0 Å². The lowest BCUT2D eigenvalue weighted by molar-refractivity contribution is -0.126. The Labute approximate surface area is 137 Å². The predicted molar refractivity (Wildman–Crippen MR) is 82.7 cm³/mol.